The van der Waals surface area contributed by atoms with Crippen LogP contribution in [0.15, 0.2) is 35.1 Å². The number of aryl methyl sites for hydroxylation is 1. The van der Waals surface area contributed by atoms with Gasteiger partial charge in [-0.05, 0) is 38.0 Å². The highest BCUT2D eigenvalue weighted by Crippen LogP contribution is 2.30. The molecule has 1 atom stereocenters. The van der Waals surface area contributed by atoms with Gasteiger partial charge in [-0.25, -0.2) is 4.68 Å². The van der Waals surface area contributed by atoms with Gasteiger partial charge < -0.3 is 14.4 Å². The van der Waals surface area contributed by atoms with Crippen molar-refractivity contribution in [1.82, 2.24) is 14.7 Å². The predicted octanol–water partition coefficient (Wildman–Crippen LogP) is 2.78. The summed E-state index contributed by atoms with van der Waals surface area (Å²) in [6.45, 7) is 3.39. The number of piperidine rings is 1. The minimum Gasteiger partial charge on any atom is -0.350 e. The summed E-state index contributed by atoms with van der Waals surface area (Å²) in [6.07, 6.45) is -3.32. The second-order valence-corrected chi connectivity index (χ2v) is 7.72. The highest BCUT2D eigenvalue weighted by atomic mass is 19.4. The van der Waals surface area contributed by atoms with E-state index < -0.39 is 23.1 Å². The maximum absolute atomic E-state index is 13.1. The monoisotopic (exact) mass is 437 g/mol. The normalized spacial score (nSPS) is 20.3. The van der Waals surface area contributed by atoms with Gasteiger partial charge >= 0.3 is 6.18 Å². The fraction of sp³-hybridized carbons (Fsp3) is 0.476. The molecule has 3 heterocycles. The highest BCUT2D eigenvalue weighted by Gasteiger charge is 2.34. The van der Waals surface area contributed by atoms with Crippen LogP contribution in [0.2, 0.25) is 0 Å². The molecular formula is C21H22F3N3O4. The van der Waals surface area contributed by atoms with Crippen molar-refractivity contribution < 1.29 is 27.4 Å². The third-order valence-corrected chi connectivity index (χ3v) is 5.51. The lowest BCUT2D eigenvalue weighted by atomic mass is 9.97. The molecule has 2 aromatic rings. The summed E-state index contributed by atoms with van der Waals surface area (Å²) in [7, 11) is 0. The van der Waals surface area contributed by atoms with E-state index in [2.05, 4.69) is 5.10 Å². The lowest BCUT2D eigenvalue weighted by Gasteiger charge is -2.34. The molecule has 166 valence electrons. The summed E-state index contributed by atoms with van der Waals surface area (Å²) in [4.78, 5) is 27.1. The standard InChI is InChI=1S/C21H22F3N3O4/c1-13-10-17(28)18(25-27(13)16-6-2-5-15(11-16)21(22,23)24)19(29)26-7-3-4-14(12-26)20-30-8-9-31-20/h2,5-6,10-11,14,20H,3-4,7-9,12H2,1H3. The van der Waals surface area contributed by atoms with Gasteiger partial charge in [0.15, 0.2) is 12.0 Å². The van der Waals surface area contributed by atoms with E-state index in [1.165, 1.54) is 27.8 Å². The number of amides is 1. The Balaban J connectivity index is 1.63. The van der Waals surface area contributed by atoms with Crippen LogP contribution in [-0.4, -0.2) is 53.2 Å². The number of benzene rings is 1. The Bertz CT molecular complexity index is 1030. The van der Waals surface area contributed by atoms with E-state index in [0.29, 0.717) is 32.0 Å². The zero-order chi connectivity index (χ0) is 22.2. The smallest absolute Gasteiger partial charge is 0.350 e. The van der Waals surface area contributed by atoms with Crippen LogP contribution in [0.5, 0.6) is 0 Å². The number of hydrogen-bond donors (Lipinski definition) is 0. The quantitative estimate of drug-likeness (QED) is 0.739. The lowest BCUT2D eigenvalue weighted by Crippen LogP contribution is -2.45. The molecule has 4 rings (SSSR count). The molecule has 0 radical (unpaired) electrons. The molecule has 10 heteroatoms. The van der Waals surface area contributed by atoms with Gasteiger partial charge in [-0.2, -0.15) is 18.3 Å². The molecule has 0 N–H and O–H groups in total. The number of ether oxygens (including phenoxy) is 2. The number of halogens is 3. The SMILES string of the molecule is Cc1cc(=O)c(C(=O)N2CCCC(C3OCCO3)C2)nn1-c1cccc(C(F)(F)F)c1. The molecule has 1 aromatic heterocycles. The molecule has 2 fully saturated rings. The Kier molecular flexibility index (Phi) is 5.85. The van der Waals surface area contributed by atoms with E-state index in [-0.39, 0.29) is 23.6 Å². The van der Waals surface area contributed by atoms with Crippen LogP contribution in [0.1, 0.15) is 34.6 Å². The molecule has 2 aliphatic heterocycles. The molecule has 0 spiro atoms. The first kappa shape index (κ1) is 21.5. The van der Waals surface area contributed by atoms with E-state index in [4.69, 9.17) is 9.47 Å². The Morgan fingerprint density at radius 3 is 2.65 bits per heavy atom. The van der Waals surface area contributed by atoms with Crippen LogP contribution in [0.3, 0.4) is 0 Å². The number of likely N-dealkylation sites (tertiary alicyclic amines) is 1. The topological polar surface area (TPSA) is 73.7 Å². The van der Waals surface area contributed by atoms with Gasteiger partial charge in [-0.1, -0.05) is 6.07 Å². The van der Waals surface area contributed by atoms with Crippen LogP contribution >= 0.6 is 0 Å². The van der Waals surface area contributed by atoms with Gasteiger partial charge in [0.05, 0.1) is 24.5 Å². The highest BCUT2D eigenvalue weighted by molar-refractivity contribution is 5.92. The van der Waals surface area contributed by atoms with Gasteiger partial charge in [0.1, 0.15) is 0 Å². The average molecular weight is 437 g/mol. The molecule has 0 bridgehead atoms. The molecule has 2 aliphatic rings. The summed E-state index contributed by atoms with van der Waals surface area (Å²) in [6, 6.07) is 5.80. The number of alkyl halides is 3. The summed E-state index contributed by atoms with van der Waals surface area (Å²) in [5.41, 5.74) is -1.29. The largest absolute Gasteiger partial charge is 0.416 e. The Labute approximate surface area is 176 Å². The van der Waals surface area contributed by atoms with Gasteiger partial charge in [0, 0.05) is 30.8 Å². The third kappa shape index (κ3) is 4.49. The fourth-order valence-electron chi connectivity index (χ4n) is 3.99. The van der Waals surface area contributed by atoms with Crippen molar-refractivity contribution in [1.29, 1.82) is 0 Å². The molecule has 1 amide bonds. The first-order valence-corrected chi connectivity index (χ1v) is 10.0. The number of hydrogen-bond acceptors (Lipinski definition) is 5. The first-order chi connectivity index (χ1) is 14.7. The molecular weight excluding hydrogens is 415 g/mol. The number of nitrogens with zero attached hydrogens (tertiary/aromatic N) is 3. The summed E-state index contributed by atoms with van der Waals surface area (Å²) in [5, 5.41) is 4.15. The predicted molar refractivity (Wildman–Crippen MR) is 104 cm³/mol. The second-order valence-electron chi connectivity index (χ2n) is 7.72. The van der Waals surface area contributed by atoms with Crippen LogP contribution in [0, 0.1) is 12.8 Å². The molecule has 31 heavy (non-hydrogen) atoms. The Morgan fingerprint density at radius 1 is 1.19 bits per heavy atom. The summed E-state index contributed by atoms with van der Waals surface area (Å²) < 4.78 is 51.6. The van der Waals surface area contributed by atoms with Crippen molar-refractivity contribution in [3.8, 4) is 5.69 Å². The van der Waals surface area contributed by atoms with Gasteiger partial charge in [0.25, 0.3) is 5.91 Å². The number of carbonyl (C=O) groups is 1. The zero-order valence-electron chi connectivity index (χ0n) is 16.9. The van der Waals surface area contributed by atoms with E-state index in [1.54, 1.807) is 6.92 Å². The van der Waals surface area contributed by atoms with E-state index in [9.17, 15) is 22.8 Å². The molecule has 1 unspecified atom stereocenters. The van der Waals surface area contributed by atoms with Crippen molar-refractivity contribution in [3.63, 3.8) is 0 Å². The minimum absolute atomic E-state index is 0.00339. The molecule has 2 saturated heterocycles. The fourth-order valence-corrected chi connectivity index (χ4v) is 3.99. The van der Waals surface area contributed by atoms with E-state index >= 15 is 0 Å². The molecule has 0 saturated carbocycles. The second kappa shape index (κ2) is 8.43. The van der Waals surface area contributed by atoms with E-state index in [0.717, 1.165) is 25.0 Å². The number of rotatable bonds is 3. The van der Waals surface area contributed by atoms with Gasteiger partial charge in [-0.15, -0.1) is 0 Å². The maximum Gasteiger partial charge on any atom is 0.416 e. The van der Waals surface area contributed by atoms with Crippen LogP contribution < -0.4 is 5.43 Å². The van der Waals surface area contributed by atoms with Gasteiger partial charge in [0.2, 0.25) is 5.43 Å². The van der Waals surface area contributed by atoms with E-state index in [1.807, 2.05) is 0 Å². The lowest BCUT2D eigenvalue weighted by molar-refractivity contribution is -0.137. The average Bonchev–Trinajstić information content (AvgIpc) is 3.28. The van der Waals surface area contributed by atoms with Crippen molar-refractivity contribution in [2.45, 2.75) is 32.2 Å². The maximum atomic E-state index is 13.1. The third-order valence-electron chi connectivity index (χ3n) is 5.51. The number of carbonyl (C=O) groups excluding carboxylic acids is 1. The van der Waals surface area contributed by atoms with Crippen molar-refractivity contribution in [2.75, 3.05) is 26.3 Å². The molecule has 0 aliphatic carbocycles. The zero-order valence-corrected chi connectivity index (χ0v) is 16.9. The minimum atomic E-state index is -4.52. The Hall–Kier alpha value is -2.72. The van der Waals surface area contributed by atoms with Crippen molar-refractivity contribution in [2.24, 2.45) is 5.92 Å². The van der Waals surface area contributed by atoms with Crippen LogP contribution in [0.4, 0.5) is 13.2 Å². The summed E-state index contributed by atoms with van der Waals surface area (Å²) in [5.74, 6) is -0.551. The molecule has 7 nitrogen and oxygen atoms in total. The Morgan fingerprint density at radius 2 is 1.94 bits per heavy atom. The summed E-state index contributed by atoms with van der Waals surface area (Å²) >= 11 is 0. The van der Waals surface area contributed by atoms with Crippen molar-refractivity contribution in [3.05, 3.63) is 57.5 Å². The molecule has 1 aromatic carbocycles. The van der Waals surface area contributed by atoms with Crippen LogP contribution in [-0.2, 0) is 15.7 Å². The van der Waals surface area contributed by atoms with Crippen LogP contribution in [0.25, 0.3) is 5.69 Å². The number of aromatic nitrogens is 2. The van der Waals surface area contributed by atoms with Crippen molar-refractivity contribution >= 4 is 5.91 Å². The first-order valence-electron chi connectivity index (χ1n) is 10.0. The van der Waals surface area contributed by atoms with Gasteiger partial charge in [-0.3, -0.25) is 9.59 Å².